The number of carbonyl (C=O) groups is 5. The van der Waals surface area contributed by atoms with Crippen LogP contribution in [0, 0.1) is 5.92 Å². The summed E-state index contributed by atoms with van der Waals surface area (Å²) in [6, 6.07) is 14.5. The number of amides is 5. The molecule has 0 bridgehead atoms. The van der Waals surface area contributed by atoms with Gasteiger partial charge in [0.15, 0.2) is 0 Å². The SMILES string of the molecule is COC[C@@H]1NC(=O)C(C)N(Cc2c(Oc3ccc(-c4cnc(CN(C)C)n4C)cc3)cccc2OC(F)F)C(=O)C[C@@H](C)C(=O)N(C)[C@@H](C)CNC(=O)C[C@H](Cc2ccc(Cl)cc2)N(C)C1=O. The molecule has 1 fully saturated rings. The maximum Gasteiger partial charge on any atom is 0.387 e. The number of halogens is 3. The van der Waals surface area contributed by atoms with E-state index >= 15 is 0 Å². The Morgan fingerprint density at radius 2 is 1.55 bits per heavy atom. The number of ether oxygens (including phenoxy) is 3. The Bertz CT molecular complexity index is 2350. The lowest BCUT2D eigenvalue weighted by Gasteiger charge is -2.35. The van der Waals surface area contributed by atoms with Crippen molar-refractivity contribution in [2.24, 2.45) is 13.0 Å². The molecule has 3 aromatic carbocycles. The number of benzene rings is 3. The molecule has 0 radical (unpaired) electrons. The summed E-state index contributed by atoms with van der Waals surface area (Å²) in [5, 5.41) is 6.11. The molecule has 2 heterocycles. The zero-order chi connectivity index (χ0) is 49.1. The topological polar surface area (TPSA) is 168 Å². The standard InChI is InChI=1S/C48H61ClF2N8O8/c1-29-21-44(61)59(26-37-40(11-10-12-41(37)67-48(50)51)66-36-19-15-33(16-20-36)39-25-52-42(58(39)8)27-55(4)5)31(3)45(62)54-38(28-65-9)47(64)57(7)35(22-32-13-17-34(49)18-14-32)23-43(60)53-24-30(2)56(6)46(29)63/h10-20,25,29-31,35,38,48H,21-24,26-28H2,1-9H3,(H,53,60)(H,54,62)/t29-,30+,31?,35+,38+/m1/s1. The van der Waals surface area contributed by atoms with E-state index in [0.29, 0.717) is 17.3 Å². The maximum absolute atomic E-state index is 14.6. The average Bonchev–Trinajstić information content (AvgIpc) is 3.64. The second-order valence-electron chi connectivity index (χ2n) is 17.2. The monoisotopic (exact) mass is 950 g/mol. The lowest BCUT2D eigenvalue weighted by Crippen LogP contribution is -2.57. The molecule has 362 valence electrons. The Morgan fingerprint density at radius 3 is 2.19 bits per heavy atom. The number of likely N-dealkylation sites (N-methyl/N-ethyl adjacent to an activating group) is 2. The minimum atomic E-state index is -3.26. The lowest BCUT2D eigenvalue weighted by molar-refractivity contribution is -0.146. The van der Waals surface area contributed by atoms with E-state index in [1.807, 2.05) is 42.7 Å². The Morgan fingerprint density at radius 1 is 0.881 bits per heavy atom. The second kappa shape index (κ2) is 23.6. The van der Waals surface area contributed by atoms with Crippen LogP contribution in [-0.4, -0.2) is 138 Å². The van der Waals surface area contributed by atoms with Gasteiger partial charge in [0.1, 0.15) is 35.2 Å². The fourth-order valence-corrected chi connectivity index (χ4v) is 7.86. The second-order valence-corrected chi connectivity index (χ2v) is 17.6. The van der Waals surface area contributed by atoms with Gasteiger partial charge in [-0.05, 0) is 88.5 Å². The number of imidazole rings is 1. The van der Waals surface area contributed by atoms with Crippen molar-refractivity contribution < 1.29 is 47.0 Å². The number of methoxy groups -OCH3 is 1. The molecule has 5 amide bonds. The molecule has 19 heteroatoms. The number of aromatic nitrogens is 2. The number of rotatable bonds is 13. The summed E-state index contributed by atoms with van der Waals surface area (Å²) >= 11 is 6.14. The molecular weight excluding hydrogens is 890 g/mol. The number of hydrogen-bond acceptors (Lipinski definition) is 10. The van der Waals surface area contributed by atoms with E-state index in [9.17, 15) is 32.8 Å². The largest absolute Gasteiger partial charge is 0.457 e. The Labute approximate surface area is 395 Å². The quantitative estimate of drug-likeness (QED) is 0.175. The van der Waals surface area contributed by atoms with E-state index in [4.69, 9.17) is 25.8 Å². The average molecular weight is 952 g/mol. The van der Waals surface area contributed by atoms with Gasteiger partial charge in [0.2, 0.25) is 29.5 Å². The van der Waals surface area contributed by atoms with Crippen molar-refractivity contribution in [3.8, 4) is 28.5 Å². The van der Waals surface area contributed by atoms with Crippen LogP contribution in [0.25, 0.3) is 11.3 Å². The van der Waals surface area contributed by atoms with Gasteiger partial charge < -0.3 is 49.0 Å². The number of alkyl halides is 2. The van der Waals surface area contributed by atoms with Crippen LogP contribution in [0.2, 0.25) is 5.02 Å². The smallest absolute Gasteiger partial charge is 0.387 e. The number of hydrogen-bond donors (Lipinski definition) is 2. The van der Waals surface area contributed by atoms with Gasteiger partial charge in [-0.3, -0.25) is 24.0 Å². The molecule has 1 unspecified atom stereocenters. The first-order chi connectivity index (χ1) is 31.8. The summed E-state index contributed by atoms with van der Waals surface area (Å²) in [5.74, 6) is -2.80. The summed E-state index contributed by atoms with van der Waals surface area (Å²) in [7, 11) is 10.3. The summed E-state index contributed by atoms with van der Waals surface area (Å²) in [4.78, 5) is 81.0. The zero-order valence-corrected chi connectivity index (χ0v) is 40.2. The number of nitrogens with one attached hydrogen (secondary N) is 2. The molecule has 2 N–H and O–H groups in total. The first-order valence-corrected chi connectivity index (χ1v) is 22.3. The molecule has 1 aliphatic rings. The fourth-order valence-electron chi connectivity index (χ4n) is 7.74. The molecular formula is C48H61ClF2N8O8. The first kappa shape index (κ1) is 51.9. The van der Waals surface area contributed by atoms with Crippen LogP contribution in [0.3, 0.4) is 0 Å². The summed E-state index contributed by atoms with van der Waals surface area (Å²) in [5.41, 5.74) is 2.51. The molecule has 0 spiro atoms. The molecule has 5 rings (SSSR count). The molecule has 67 heavy (non-hydrogen) atoms. The van der Waals surface area contributed by atoms with E-state index in [0.717, 1.165) is 27.5 Å². The Balaban J connectivity index is 1.52. The molecule has 1 aliphatic heterocycles. The minimum absolute atomic E-state index is 0.0109. The van der Waals surface area contributed by atoms with Gasteiger partial charge in [0.25, 0.3) is 0 Å². The third-order valence-corrected chi connectivity index (χ3v) is 12.1. The van der Waals surface area contributed by atoms with E-state index in [-0.39, 0.29) is 49.0 Å². The summed E-state index contributed by atoms with van der Waals surface area (Å²) < 4.78 is 46.8. The van der Waals surface area contributed by atoms with Crippen LogP contribution in [0.1, 0.15) is 50.6 Å². The third-order valence-electron chi connectivity index (χ3n) is 11.9. The highest BCUT2D eigenvalue weighted by molar-refractivity contribution is 6.30. The number of nitrogens with zero attached hydrogens (tertiary/aromatic N) is 6. The van der Waals surface area contributed by atoms with Crippen LogP contribution < -0.4 is 20.1 Å². The molecule has 0 saturated carbocycles. The zero-order valence-electron chi connectivity index (χ0n) is 39.4. The lowest BCUT2D eigenvalue weighted by atomic mass is 10.0. The van der Waals surface area contributed by atoms with Gasteiger partial charge in [0, 0.05) is 76.2 Å². The summed E-state index contributed by atoms with van der Waals surface area (Å²) in [6.07, 6.45) is 1.52. The van der Waals surface area contributed by atoms with Crippen molar-refractivity contribution in [3.63, 3.8) is 0 Å². The van der Waals surface area contributed by atoms with Crippen LogP contribution in [0.15, 0.2) is 72.9 Å². The Kier molecular flexibility index (Phi) is 18.2. The van der Waals surface area contributed by atoms with E-state index in [2.05, 4.69) is 15.6 Å². The van der Waals surface area contributed by atoms with E-state index in [1.165, 1.54) is 49.1 Å². The fraction of sp³-hybridized carbons (Fsp3) is 0.458. The summed E-state index contributed by atoms with van der Waals surface area (Å²) in [6.45, 7) is 1.43. The van der Waals surface area contributed by atoms with E-state index in [1.54, 1.807) is 63.5 Å². The normalized spacial score (nSPS) is 20.8. The molecule has 0 aliphatic carbocycles. The molecule has 1 aromatic heterocycles. The van der Waals surface area contributed by atoms with Gasteiger partial charge in [-0.1, -0.05) is 36.7 Å². The van der Waals surface area contributed by atoms with Crippen molar-refractivity contribution in [3.05, 3.63) is 94.9 Å². The maximum atomic E-state index is 14.6. The highest BCUT2D eigenvalue weighted by atomic mass is 35.5. The van der Waals surface area contributed by atoms with Gasteiger partial charge in [-0.25, -0.2) is 4.98 Å². The molecule has 5 atom stereocenters. The van der Waals surface area contributed by atoms with Crippen molar-refractivity contribution in [2.75, 3.05) is 48.5 Å². The van der Waals surface area contributed by atoms with Crippen LogP contribution in [-0.2, 0) is 55.3 Å². The van der Waals surface area contributed by atoms with Gasteiger partial charge in [0.05, 0.1) is 37.2 Å². The van der Waals surface area contributed by atoms with Gasteiger partial charge in [-0.2, -0.15) is 8.78 Å². The van der Waals surface area contributed by atoms with E-state index < -0.39 is 73.3 Å². The highest BCUT2D eigenvalue weighted by Gasteiger charge is 2.36. The van der Waals surface area contributed by atoms with Crippen molar-refractivity contribution in [1.29, 1.82) is 0 Å². The van der Waals surface area contributed by atoms with Crippen LogP contribution >= 0.6 is 11.6 Å². The van der Waals surface area contributed by atoms with Crippen LogP contribution in [0.4, 0.5) is 8.78 Å². The predicted octanol–water partition coefficient (Wildman–Crippen LogP) is 5.51. The van der Waals surface area contributed by atoms with Gasteiger partial charge in [-0.15, -0.1) is 0 Å². The molecule has 1 saturated heterocycles. The molecule has 16 nitrogen and oxygen atoms in total. The third kappa shape index (κ3) is 13.7. The molecule has 4 aromatic rings. The van der Waals surface area contributed by atoms with Crippen molar-refractivity contribution in [2.45, 2.75) is 83.9 Å². The predicted molar refractivity (Wildman–Crippen MR) is 248 cm³/mol. The Hall–Kier alpha value is -6.11. The van der Waals surface area contributed by atoms with Crippen molar-refractivity contribution >= 4 is 41.1 Å². The highest BCUT2D eigenvalue weighted by Crippen LogP contribution is 2.36. The van der Waals surface area contributed by atoms with Gasteiger partial charge >= 0.3 is 6.61 Å². The van der Waals surface area contributed by atoms with Crippen molar-refractivity contribution in [1.82, 2.24) is 39.8 Å². The first-order valence-electron chi connectivity index (χ1n) is 21.9. The van der Waals surface area contributed by atoms with Crippen LogP contribution in [0.5, 0.6) is 17.2 Å². The number of carbonyl (C=O) groups excluding carboxylic acids is 5. The minimum Gasteiger partial charge on any atom is -0.457 e.